The minimum atomic E-state index is -3.04. The molecule has 2 atom stereocenters. The Bertz CT molecular complexity index is 640. The van der Waals surface area contributed by atoms with Gasteiger partial charge in [0.05, 0.1) is 5.25 Å². The highest BCUT2D eigenvalue weighted by Crippen LogP contribution is 2.29. The fourth-order valence-electron chi connectivity index (χ4n) is 2.85. The number of amides is 1. The topological polar surface area (TPSA) is 75.3 Å². The van der Waals surface area contributed by atoms with Gasteiger partial charge in [-0.3, -0.25) is 4.79 Å². The molecule has 0 saturated heterocycles. The maximum atomic E-state index is 11.8. The Hall–Kier alpha value is -1.56. The van der Waals surface area contributed by atoms with Gasteiger partial charge < -0.3 is 10.6 Å². The molecule has 0 aromatic heterocycles. The molecule has 1 aliphatic rings. The lowest BCUT2D eigenvalue weighted by molar-refractivity contribution is -0.114. The molecule has 1 saturated carbocycles. The smallest absolute Gasteiger partial charge is 0.221 e. The number of benzene rings is 1. The van der Waals surface area contributed by atoms with E-state index in [4.69, 9.17) is 0 Å². The predicted molar refractivity (Wildman–Crippen MR) is 85.4 cm³/mol. The first-order valence-corrected chi connectivity index (χ1v) is 9.06. The Kier molecular flexibility index (Phi) is 4.56. The first-order valence-electron chi connectivity index (χ1n) is 7.11. The number of carbonyl (C=O) groups excluding carboxylic acids is 1. The third-order valence-electron chi connectivity index (χ3n) is 3.90. The molecule has 2 N–H and O–H groups in total. The molecule has 5 nitrogen and oxygen atoms in total. The van der Waals surface area contributed by atoms with Crippen LogP contribution in [0.2, 0.25) is 0 Å². The van der Waals surface area contributed by atoms with Crippen LogP contribution in [0.4, 0.5) is 11.4 Å². The lowest BCUT2D eigenvalue weighted by Gasteiger charge is -2.21. The largest absolute Gasteiger partial charge is 0.381 e. The fraction of sp³-hybridized carbons (Fsp3) is 0.533. The zero-order chi connectivity index (χ0) is 15.6. The Labute approximate surface area is 126 Å². The molecule has 1 aliphatic carbocycles. The van der Waals surface area contributed by atoms with Crippen LogP contribution in [0.3, 0.4) is 0 Å². The van der Waals surface area contributed by atoms with Gasteiger partial charge in [0.1, 0.15) is 0 Å². The van der Waals surface area contributed by atoms with Crippen LogP contribution in [0.25, 0.3) is 0 Å². The molecule has 1 aromatic carbocycles. The highest BCUT2D eigenvalue weighted by Gasteiger charge is 2.34. The first-order chi connectivity index (χ1) is 9.77. The SMILES string of the molecule is CC(=O)Nc1cc(NC2CCCC2S(C)(=O)=O)ccc1C. The molecule has 0 bridgehead atoms. The van der Waals surface area contributed by atoms with Gasteiger partial charge in [-0.1, -0.05) is 6.07 Å². The third-order valence-corrected chi connectivity index (χ3v) is 5.57. The molecule has 0 radical (unpaired) electrons. The summed E-state index contributed by atoms with van der Waals surface area (Å²) in [6.07, 6.45) is 3.78. The summed E-state index contributed by atoms with van der Waals surface area (Å²) in [4.78, 5) is 11.2. The summed E-state index contributed by atoms with van der Waals surface area (Å²) in [5, 5.41) is 5.76. The van der Waals surface area contributed by atoms with Crippen molar-refractivity contribution in [1.82, 2.24) is 0 Å². The van der Waals surface area contributed by atoms with Gasteiger partial charge in [0.15, 0.2) is 9.84 Å². The number of anilines is 2. The van der Waals surface area contributed by atoms with Crippen molar-refractivity contribution in [2.75, 3.05) is 16.9 Å². The quantitative estimate of drug-likeness (QED) is 0.895. The molecule has 1 fully saturated rings. The second kappa shape index (κ2) is 6.05. The van der Waals surface area contributed by atoms with Gasteiger partial charge in [0.25, 0.3) is 0 Å². The lowest BCUT2D eigenvalue weighted by Crippen LogP contribution is -2.34. The van der Waals surface area contributed by atoms with E-state index in [2.05, 4.69) is 10.6 Å². The maximum absolute atomic E-state index is 11.8. The van der Waals surface area contributed by atoms with Crippen LogP contribution in [-0.4, -0.2) is 31.9 Å². The number of hydrogen-bond donors (Lipinski definition) is 2. The van der Waals surface area contributed by atoms with Crippen molar-refractivity contribution in [3.05, 3.63) is 23.8 Å². The number of sulfone groups is 1. The van der Waals surface area contributed by atoms with E-state index < -0.39 is 9.84 Å². The van der Waals surface area contributed by atoms with Crippen molar-refractivity contribution in [1.29, 1.82) is 0 Å². The van der Waals surface area contributed by atoms with Crippen LogP contribution in [0.5, 0.6) is 0 Å². The van der Waals surface area contributed by atoms with Crippen LogP contribution in [0.15, 0.2) is 18.2 Å². The Balaban J connectivity index is 2.18. The molecule has 2 rings (SSSR count). The van der Waals surface area contributed by atoms with E-state index in [-0.39, 0.29) is 17.2 Å². The Morgan fingerprint density at radius 3 is 2.62 bits per heavy atom. The summed E-state index contributed by atoms with van der Waals surface area (Å²) >= 11 is 0. The van der Waals surface area contributed by atoms with Crippen molar-refractivity contribution < 1.29 is 13.2 Å². The molecule has 6 heteroatoms. The van der Waals surface area contributed by atoms with Crippen molar-refractivity contribution in [2.24, 2.45) is 0 Å². The summed E-state index contributed by atoms with van der Waals surface area (Å²) in [7, 11) is -3.04. The van der Waals surface area contributed by atoms with Gasteiger partial charge in [0, 0.05) is 30.6 Å². The summed E-state index contributed by atoms with van der Waals surface area (Å²) < 4.78 is 23.6. The highest BCUT2D eigenvalue weighted by molar-refractivity contribution is 7.91. The third kappa shape index (κ3) is 3.97. The average Bonchev–Trinajstić information content (AvgIpc) is 2.81. The summed E-state index contributed by atoms with van der Waals surface area (Å²) in [6, 6.07) is 5.62. The van der Waals surface area contributed by atoms with E-state index in [0.29, 0.717) is 6.42 Å². The van der Waals surface area contributed by atoms with Crippen LogP contribution >= 0.6 is 0 Å². The molecule has 21 heavy (non-hydrogen) atoms. The summed E-state index contributed by atoms with van der Waals surface area (Å²) in [5.41, 5.74) is 2.56. The van der Waals surface area contributed by atoms with Gasteiger partial charge in [-0.15, -0.1) is 0 Å². The average molecular weight is 310 g/mol. The van der Waals surface area contributed by atoms with Crippen LogP contribution in [0.1, 0.15) is 31.7 Å². The Morgan fingerprint density at radius 2 is 2.00 bits per heavy atom. The molecule has 1 amide bonds. The van der Waals surface area contributed by atoms with Crippen molar-refractivity contribution in [3.63, 3.8) is 0 Å². The molecular formula is C15H22N2O3S. The van der Waals surface area contributed by atoms with Crippen molar-refractivity contribution in [3.8, 4) is 0 Å². The van der Waals surface area contributed by atoms with Gasteiger partial charge in [0.2, 0.25) is 5.91 Å². The van der Waals surface area contributed by atoms with E-state index >= 15 is 0 Å². The number of aryl methyl sites for hydroxylation is 1. The van der Waals surface area contributed by atoms with Crippen molar-refractivity contribution in [2.45, 2.75) is 44.4 Å². The van der Waals surface area contributed by atoms with Crippen molar-refractivity contribution >= 4 is 27.1 Å². The standard InChI is InChI=1S/C15H22N2O3S/c1-10-7-8-12(9-14(10)16-11(2)18)17-13-5-4-6-15(13)21(3,19)20/h7-9,13,15,17H,4-6H2,1-3H3,(H,16,18). The monoisotopic (exact) mass is 310 g/mol. The van der Waals surface area contributed by atoms with Crippen LogP contribution in [0, 0.1) is 6.92 Å². The summed E-state index contributed by atoms with van der Waals surface area (Å²) in [6.45, 7) is 3.39. The van der Waals surface area contributed by atoms with Crippen LogP contribution < -0.4 is 10.6 Å². The Morgan fingerprint density at radius 1 is 1.29 bits per heavy atom. The van der Waals surface area contributed by atoms with Crippen LogP contribution in [-0.2, 0) is 14.6 Å². The second-order valence-corrected chi connectivity index (χ2v) is 8.03. The molecule has 116 valence electrons. The molecular weight excluding hydrogens is 288 g/mol. The molecule has 0 aliphatic heterocycles. The minimum Gasteiger partial charge on any atom is -0.381 e. The normalized spacial score (nSPS) is 22.0. The first kappa shape index (κ1) is 15.8. The molecule has 0 heterocycles. The number of nitrogens with one attached hydrogen (secondary N) is 2. The predicted octanol–water partition coefficient (Wildman–Crippen LogP) is 2.33. The molecule has 2 unspecified atom stereocenters. The fourth-order valence-corrected chi connectivity index (χ4v) is 4.25. The minimum absolute atomic E-state index is 0.0621. The number of hydrogen-bond acceptors (Lipinski definition) is 4. The van der Waals surface area contributed by atoms with E-state index in [0.717, 1.165) is 29.8 Å². The second-order valence-electron chi connectivity index (χ2n) is 5.76. The zero-order valence-corrected chi connectivity index (χ0v) is 13.5. The molecule has 0 spiro atoms. The lowest BCUT2D eigenvalue weighted by atomic mass is 10.1. The van der Waals surface area contributed by atoms with Gasteiger partial charge in [-0.05, 0) is 43.9 Å². The highest BCUT2D eigenvalue weighted by atomic mass is 32.2. The van der Waals surface area contributed by atoms with Gasteiger partial charge in [-0.25, -0.2) is 8.42 Å². The zero-order valence-electron chi connectivity index (χ0n) is 12.6. The molecule has 1 aromatic rings. The van der Waals surface area contributed by atoms with Gasteiger partial charge in [-0.2, -0.15) is 0 Å². The van der Waals surface area contributed by atoms with E-state index in [1.165, 1.54) is 13.2 Å². The van der Waals surface area contributed by atoms with E-state index in [9.17, 15) is 13.2 Å². The maximum Gasteiger partial charge on any atom is 0.221 e. The van der Waals surface area contributed by atoms with Gasteiger partial charge >= 0.3 is 0 Å². The van der Waals surface area contributed by atoms with E-state index in [1.54, 1.807) is 0 Å². The summed E-state index contributed by atoms with van der Waals surface area (Å²) in [5.74, 6) is -0.120. The van der Waals surface area contributed by atoms with E-state index in [1.807, 2.05) is 25.1 Å². The number of carbonyl (C=O) groups is 1. The number of rotatable bonds is 4.